The van der Waals surface area contributed by atoms with Crippen molar-refractivity contribution in [3.05, 3.63) is 54.4 Å². The summed E-state index contributed by atoms with van der Waals surface area (Å²) in [5, 5.41) is 33.9. The molecule has 2 aromatic carbocycles. The first-order chi connectivity index (χ1) is 20.5. The van der Waals surface area contributed by atoms with Crippen molar-refractivity contribution >= 4 is 39.6 Å². The highest BCUT2D eigenvalue weighted by molar-refractivity contribution is 5.87. The molecule has 0 radical (unpaired) electrons. The van der Waals surface area contributed by atoms with Gasteiger partial charge in [-0.3, -0.25) is 9.69 Å². The fraction of sp³-hybridized carbons (Fsp3) is 0.484. The van der Waals surface area contributed by atoms with Gasteiger partial charge in [-0.1, -0.05) is 56.3 Å². The number of hydrogen-bond donors (Lipinski definition) is 5. The molecule has 0 spiro atoms. The lowest BCUT2D eigenvalue weighted by Crippen LogP contribution is -2.42. The molecule has 222 valence electrons. The molecule has 0 bridgehead atoms. The molecule has 6 rings (SSSR count). The Kier molecular flexibility index (Phi) is 8.23. The van der Waals surface area contributed by atoms with Crippen LogP contribution < -0.4 is 16.0 Å². The summed E-state index contributed by atoms with van der Waals surface area (Å²) in [5.41, 5.74) is 2.28. The van der Waals surface area contributed by atoms with Crippen LogP contribution in [0.1, 0.15) is 51.1 Å². The molecule has 11 heteroatoms. The molecule has 2 aromatic heterocycles. The zero-order valence-electron chi connectivity index (χ0n) is 24.2. The lowest BCUT2D eigenvalue weighted by atomic mass is 10.0. The lowest BCUT2D eigenvalue weighted by molar-refractivity contribution is -0.122. The summed E-state index contributed by atoms with van der Waals surface area (Å²) in [6, 6.07) is 13.9. The Labute approximate surface area is 245 Å². The van der Waals surface area contributed by atoms with Gasteiger partial charge in [0.2, 0.25) is 11.9 Å². The van der Waals surface area contributed by atoms with E-state index >= 15 is 0 Å². The number of likely N-dealkylation sites (N-methyl/N-ethyl adjacent to an activating group) is 1. The first-order valence-corrected chi connectivity index (χ1v) is 15.0. The Morgan fingerprint density at radius 1 is 1.05 bits per heavy atom. The zero-order valence-corrected chi connectivity index (χ0v) is 24.2. The zero-order chi connectivity index (χ0) is 29.2. The molecule has 1 saturated carbocycles. The molecule has 3 heterocycles. The first kappa shape index (κ1) is 28.3. The molecule has 11 nitrogen and oxygen atoms in total. The van der Waals surface area contributed by atoms with E-state index in [1.165, 1.54) is 17.2 Å². The topological polar surface area (TPSA) is 140 Å². The van der Waals surface area contributed by atoms with Gasteiger partial charge in [0.1, 0.15) is 12.2 Å². The predicted molar refractivity (Wildman–Crippen MR) is 163 cm³/mol. The van der Waals surface area contributed by atoms with Crippen LogP contribution in [0.15, 0.2) is 48.8 Å². The number of aliphatic hydroxyl groups excluding tert-OH is 2. The quantitative estimate of drug-likeness (QED) is 0.194. The van der Waals surface area contributed by atoms with Crippen molar-refractivity contribution < 1.29 is 15.0 Å². The maximum atomic E-state index is 12.0. The lowest BCUT2D eigenvalue weighted by Gasteiger charge is -2.23. The molecule has 4 aromatic rings. The number of carbonyl (C=O) groups is 1. The third-order valence-electron chi connectivity index (χ3n) is 8.83. The van der Waals surface area contributed by atoms with E-state index in [0.717, 1.165) is 31.6 Å². The van der Waals surface area contributed by atoms with E-state index < -0.39 is 24.3 Å². The van der Waals surface area contributed by atoms with Crippen LogP contribution in [-0.2, 0) is 11.3 Å². The minimum atomic E-state index is -1.09. The second-order valence-electron chi connectivity index (χ2n) is 11.3. The number of benzene rings is 2. The summed E-state index contributed by atoms with van der Waals surface area (Å²) in [6.45, 7) is 7.33. The largest absolute Gasteiger partial charge is 0.388 e. The van der Waals surface area contributed by atoms with Crippen LogP contribution in [0.5, 0.6) is 0 Å². The highest BCUT2D eigenvalue weighted by Gasteiger charge is 2.43. The third kappa shape index (κ3) is 5.51. The van der Waals surface area contributed by atoms with Crippen molar-refractivity contribution in [2.24, 2.45) is 0 Å². The highest BCUT2D eigenvalue weighted by Crippen LogP contribution is 2.34. The van der Waals surface area contributed by atoms with Crippen molar-refractivity contribution in [1.82, 2.24) is 29.7 Å². The molecule has 5 atom stereocenters. The Bertz CT molecular complexity index is 1550. The number of hydrogen-bond acceptors (Lipinski definition) is 9. The van der Waals surface area contributed by atoms with E-state index in [4.69, 9.17) is 9.97 Å². The molecular formula is C31H40N8O3. The Balaban J connectivity index is 1.32. The third-order valence-corrected chi connectivity index (χ3v) is 8.83. The van der Waals surface area contributed by atoms with E-state index in [1.54, 1.807) is 13.3 Å². The van der Waals surface area contributed by atoms with Gasteiger partial charge in [0.15, 0.2) is 17.0 Å². The average molecular weight is 573 g/mol. The average Bonchev–Trinajstić information content (AvgIpc) is 3.73. The number of anilines is 2. The summed E-state index contributed by atoms with van der Waals surface area (Å²) >= 11 is 0. The monoisotopic (exact) mass is 572 g/mol. The number of aliphatic hydroxyl groups is 2. The molecule has 42 heavy (non-hydrogen) atoms. The molecule has 1 amide bonds. The first-order valence-electron chi connectivity index (χ1n) is 15.0. The van der Waals surface area contributed by atoms with Crippen LogP contribution in [0.3, 0.4) is 0 Å². The molecule has 2 fully saturated rings. The molecule has 1 saturated heterocycles. The van der Waals surface area contributed by atoms with Crippen LogP contribution in [0.2, 0.25) is 0 Å². The summed E-state index contributed by atoms with van der Waals surface area (Å²) in [5.74, 6) is 0.914. The van der Waals surface area contributed by atoms with Crippen molar-refractivity contribution in [1.29, 1.82) is 0 Å². The molecule has 2 aliphatic rings. The molecular weight excluding hydrogens is 532 g/mol. The van der Waals surface area contributed by atoms with E-state index in [1.807, 2.05) is 16.7 Å². The van der Waals surface area contributed by atoms with E-state index in [2.05, 4.69) is 63.1 Å². The SMILES string of the molecule is CCC(=O)N[C@H]1C[C@@H](n2cnc3c(NCc4cccc5ccccc45)nc(NC[C@H]4CCCN4CC)nc32)[C@H](O)[C@@H]1O. The number of rotatable bonds is 10. The summed E-state index contributed by atoms with van der Waals surface area (Å²) in [6.07, 6.45) is 2.45. The van der Waals surface area contributed by atoms with Gasteiger partial charge < -0.3 is 30.7 Å². The van der Waals surface area contributed by atoms with Crippen molar-refractivity contribution in [3.8, 4) is 0 Å². The standard InChI is InChI=1S/C31H40N8O3/c1-3-25(40)35-23-15-24(28(42)27(23)41)39-18-34-26-29(32-16-20-11-7-10-19-9-5-6-13-22(19)20)36-31(37-30(26)39)33-17-21-12-8-14-38(21)4-2/h5-7,9-11,13,18,21,23-24,27-28,41-42H,3-4,8,12,14-17H2,1-2H3,(H,35,40)(H2,32,33,36,37)/t21-,23+,24-,27-,28+/m1/s1. The molecule has 1 aliphatic carbocycles. The van der Waals surface area contributed by atoms with Gasteiger partial charge in [-0.25, -0.2) is 4.98 Å². The van der Waals surface area contributed by atoms with Crippen molar-refractivity contribution in [3.63, 3.8) is 0 Å². The Hall–Kier alpha value is -3.80. The minimum absolute atomic E-state index is 0.163. The molecule has 5 N–H and O–H groups in total. The number of likely N-dealkylation sites (tertiary alicyclic amines) is 1. The van der Waals surface area contributed by atoms with Gasteiger partial charge in [-0.2, -0.15) is 9.97 Å². The van der Waals surface area contributed by atoms with E-state index in [9.17, 15) is 15.0 Å². The number of amides is 1. The fourth-order valence-electron chi connectivity index (χ4n) is 6.47. The van der Waals surface area contributed by atoms with Crippen LogP contribution in [0.4, 0.5) is 11.8 Å². The number of imidazole rings is 1. The maximum absolute atomic E-state index is 12.0. The van der Waals surface area contributed by atoms with Crippen LogP contribution in [0.25, 0.3) is 21.9 Å². The Morgan fingerprint density at radius 3 is 2.71 bits per heavy atom. The number of fused-ring (bicyclic) bond motifs is 2. The second kappa shape index (κ2) is 12.2. The van der Waals surface area contributed by atoms with E-state index in [-0.39, 0.29) is 5.91 Å². The van der Waals surface area contributed by atoms with Gasteiger partial charge in [-0.05, 0) is 48.7 Å². The van der Waals surface area contributed by atoms with Gasteiger partial charge in [0, 0.05) is 25.6 Å². The molecule has 1 aliphatic heterocycles. The van der Waals surface area contributed by atoms with Gasteiger partial charge in [-0.15, -0.1) is 0 Å². The second-order valence-corrected chi connectivity index (χ2v) is 11.3. The summed E-state index contributed by atoms with van der Waals surface area (Å²) in [4.78, 5) is 28.9. The predicted octanol–water partition coefficient (Wildman–Crippen LogP) is 3.05. The van der Waals surface area contributed by atoms with Crippen LogP contribution >= 0.6 is 0 Å². The molecule has 0 unspecified atom stereocenters. The smallest absolute Gasteiger partial charge is 0.226 e. The Morgan fingerprint density at radius 2 is 1.88 bits per heavy atom. The number of carbonyl (C=O) groups excluding carboxylic acids is 1. The van der Waals surface area contributed by atoms with Crippen LogP contribution in [-0.4, -0.2) is 84.5 Å². The summed E-state index contributed by atoms with van der Waals surface area (Å²) < 4.78 is 1.81. The van der Waals surface area contributed by atoms with Crippen molar-refractivity contribution in [2.45, 2.75) is 76.4 Å². The van der Waals surface area contributed by atoms with Gasteiger partial charge in [0.05, 0.1) is 18.4 Å². The number of aromatic nitrogens is 4. The van der Waals surface area contributed by atoms with Gasteiger partial charge >= 0.3 is 0 Å². The van der Waals surface area contributed by atoms with E-state index in [0.29, 0.717) is 48.4 Å². The number of nitrogens with one attached hydrogen (secondary N) is 3. The summed E-state index contributed by atoms with van der Waals surface area (Å²) in [7, 11) is 0. The normalized spacial score (nSPS) is 24.4. The van der Waals surface area contributed by atoms with Gasteiger partial charge in [0.25, 0.3) is 0 Å². The van der Waals surface area contributed by atoms with Crippen molar-refractivity contribution in [2.75, 3.05) is 30.3 Å². The maximum Gasteiger partial charge on any atom is 0.226 e. The fourth-order valence-corrected chi connectivity index (χ4v) is 6.47. The number of nitrogens with zero attached hydrogens (tertiary/aromatic N) is 5. The van der Waals surface area contributed by atoms with Crippen LogP contribution in [0, 0.1) is 0 Å². The minimum Gasteiger partial charge on any atom is -0.388 e. The highest BCUT2D eigenvalue weighted by atomic mass is 16.3.